The largest absolute Gasteiger partial charge is 0.360 e. The van der Waals surface area contributed by atoms with Crippen molar-refractivity contribution in [1.29, 1.82) is 0 Å². The Morgan fingerprint density at radius 2 is 2.00 bits per heavy atom. The standard InChI is InChI=1S/C10H12OS/c12-10(7-4-8-11-10)9-5-2-1-3-6-9/h1-3,5-6,12H,4,7-8H2. The molecule has 1 aromatic rings. The Morgan fingerprint density at radius 1 is 1.25 bits per heavy atom. The summed E-state index contributed by atoms with van der Waals surface area (Å²) >= 11 is 4.55. The maximum Gasteiger partial charge on any atom is 0.136 e. The van der Waals surface area contributed by atoms with Gasteiger partial charge >= 0.3 is 0 Å². The minimum atomic E-state index is -0.318. The van der Waals surface area contributed by atoms with E-state index < -0.39 is 0 Å². The molecule has 12 heavy (non-hydrogen) atoms. The molecule has 0 N–H and O–H groups in total. The molecule has 1 heterocycles. The number of ether oxygens (including phenoxy) is 1. The van der Waals surface area contributed by atoms with Crippen molar-refractivity contribution in [3.63, 3.8) is 0 Å². The summed E-state index contributed by atoms with van der Waals surface area (Å²) in [4.78, 5) is -0.318. The third kappa shape index (κ3) is 1.37. The predicted molar refractivity (Wildman–Crippen MR) is 52.3 cm³/mol. The van der Waals surface area contributed by atoms with Gasteiger partial charge in [-0.2, -0.15) is 0 Å². The van der Waals surface area contributed by atoms with Gasteiger partial charge in [-0.3, -0.25) is 0 Å². The van der Waals surface area contributed by atoms with E-state index in [1.54, 1.807) is 0 Å². The van der Waals surface area contributed by atoms with E-state index in [0.717, 1.165) is 19.4 Å². The molecule has 0 saturated carbocycles. The van der Waals surface area contributed by atoms with Crippen LogP contribution in [0.5, 0.6) is 0 Å². The first-order valence-electron chi connectivity index (χ1n) is 4.23. The van der Waals surface area contributed by atoms with E-state index in [1.165, 1.54) is 5.56 Å². The molecule has 64 valence electrons. The molecule has 0 bridgehead atoms. The quantitative estimate of drug-likeness (QED) is 0.653. The smallest absolute Gasteiger partial charge is 0.136 e. The molecule has 2 heteroatoms. The Labute approximate surface area is 78.2 Å². The third-order valence-corrected chi connectivity index (χ3v) is 2.84. The Morgan fingerprint density at radius 3 is 2.58 bits per heavy atom. The van der Waals surface area contributed by atoms with Gasteiger partial charge in [0, 0.05) is 6.61 Å². The molecule has 0 amide bonds. The van der Waals surface area contributed by atoms with Gasteiger partial charge in [-0.15, -0.1) is 12.6 Å². The van der Waals surface area contributed by atoms with E-state index in [4.69, 9.17) is 4.74 Å². The summed E-state index contributed by atoms with van der Waals surface area (Å²) in [6, 6.07) is 10.2. The maximum absolute atomic E-state index is 5.59. The van der Waals surface area contributed by atoms with Crippen LogP contribution in [0.4, 0.5) is 0 Å². The van der Waals surface area contributed by atoms with E-state index in [0.29, 0.717) is 0 Å². The van der Waals surface area contributed by atoms with Crippen LogP contribution in [0.15, 0.2) is 30.3 Å². The fourth-order valence-corrected chi connectivity index (χ4v) is 1.95. The van der Waals surface area contributed by atoms with Crippen molar-refractivity contribution in [3.8, 4) is 0 Å². The van der Waals surface area contributed by atoms with Gasteiger partial charge in [0.05, 0.1) is 0 Å². The molecule has 1 aliphatic heterocycles. The summed E-state index contributed by atoms with van der Waals surface area (Å²) in [5, 5.41) is 0. The van der Waals surface area contributed by atoms with Crippen molar-refractivity contribution < 1.29 is 4.74 Å². The number of benzene rings is 1. The highest BCUT2D eigenvalue weighted by atomic mass is 32.1. The molecule has 1 fully saturated rings. The summed E-state index contributed by atoms with van der Waals surface area (Å²) in [6.07, 6.45) is 2.12. The van der Waals surface area contributed by atoms with E-state index in [-0.39, 0.29) is 4.93 Å². The molecule has 1 aliphatic rings. The van der Waals surface area contributed by atoms with Crippen LogP contribution in [0, 0.1) is 0 Å². The number of rotatable bonds is 1. The van der Waals surface area contributed by atoms with Gasteiger partial charge in [-0.1, -0.05) is 30.3 Å². The third-order valence-electron chi connectivity index (χ3n) is 2.23. The van der Waals surface area contributed by atoms with Gasteiger partial charge in [0.25, 0.3) is 0 Å². The molecule has 0 radical (unpaired) electrons. The van der Waals surface area contributed by atoms with Crippen LogP contribution >= 0.6 is 12.6 Å². The zero-order chi connectivity index (χ0) is 8.44. The Bertz CT molecular complexity index is 252. The van der Waals surface area contributed by atoms with Gasteiger partial charge in [0.1, 0.15) is 4.93 Å². The SMILES string of the molecule is SC1(c2ccccc2)CCCO1. The molecule has 0 spiro atoms. The normalized spacial score (nSPS) is 29.1. The lowest BCUT2D eigenvalue weighted by atomic mass is 10.1. The van der Waals surface area contributed by atoms with Gasteiger partial charge in [-0.05, 0) is 18.4 Å². The van der Waals surface area contributed by atoms with Gasteiger partial charge in [-0.25, -0.2) is 0 Å². The predicted octanol–water partition coefficient (Wildman–Crippen LogP) is 2.58. The lowest BCUT2D eigenvalue weighted by Gasteiger charge is -2.22. The molecular formula is C10H12OS. The topological polar surface area (TPSA) is 9.23 Å². The van der Waals surface area contributed by atoms with Crippen molar-refractivity contribution in [2.75, 3.05) is 6.61 Å². The van der Waals surface area contributed by atoms with Gasteiger partial charge in [0.2, 0.25) is 0 Å². The Balaban J connectivity index is 2.29. The molecule has 0 aliphatic carbocycles. The first-order valence-corrected chi connectivity index (χ1v) is 4.68. The first kappa shape index (κ1) is 8.14. The van der Waals surface area contributed by atoms with Crippen LogP contribution in [0.1, 0.15) is 18.4 Å². The highest BCUT2D eigenvalue weighted by Gasteiger charge is 2.32. The van der Waals surface area contributed by atoms with Crippen LogP contribution in [-0.2, 0) is 9.67 Å². The lowest BCUT2D eigenvalue weighted by molar-refractivity contribution is 0.0825. The van der Waals surface area contributed by atoms with Crippen molar-refractivity contribution in [1.82, 2.24) is 0 Å². The van der Waals surface area contributed by atoms with Gasteiger partial charge in [0.15, 0.2) is 0 Å². The summed E-state index contributed by atoms with van der Waals surface area (Å²) in [5.74, 6) is 0. The second kappa shape index (κ2) is 3.11. The second-order valence-electron chi connectivity index (χ2n) is 3.10. The Hall–Kier alpha value is -0.470. The van der Waals surface area contributed by atoms with Crippen LogP contribution in [0.3, 0.4) is 0 Å². The van der Waals surface area contributed by atoms with Crippen LogP contribution in [-0.4, -0.2) is 6.61 Å². The number of thiol groups is 1. The second-order valence-corrected chi connectivity index (χ2v) is 3.82. The highest BCUT2D eigenvalue weighted by Crippen LogP contribution is 2.39. The average molecular weight is 180 g/mol. The summed E-state index contributed by atoms with van der Waals surface area (Å²) in [5.41, 5.74) is 1.17. The minimum absolute atomic E-state index is 0.318. The van der Waals surface area contributed by atoms with Crippen molar-refractivity contribution in [3.05, 3.63) is 35.9 Å². The van der Waals surface area contributed by atoms with Crippen molar-refractivity contribution >= 4 is 12.6 Å². The molecule has 2 rings (SSSR count). The fourth-order valence-electron chi connectivity index (χ4n) is 1.55. The zero-order valence-electron chi connectivity index (χ0n) is 6.86. The van der Waals surface area contributed by atoms with E-state index in [9.17, 15) is 0 Å². The molecule has 1 saturated heterocycles. The fraction of sp³-hybridized carbons (Fsp3) is 0.400. The number of hydrogen-bond acceptors (Lipinski definition) is 2. The van der Waals surface area contributed by atoms with E-state index in [1.807, 2.05) is 18.2 Å². The molecule has 1 atom stereocenters. The van der Waals surface area contributed by atoms with E-state index >= 15 is 0 Å². The monoisotopic (exact) mass is 180 g/mol. The Kier molecular flexibility index (Phi) is 2.11. The average Bonchev–Trinajstić information content (AvgIpc) is 2.55. The lowest BCUT2D eigenvalue weighted by Crippen LogP contribution is -2.16. The highest BCUT2D eigenvalue weighted by molar-refractivity contribution is 7.81. The summed E-state index contributed by atoms with van der Waals surface area (Å²) in [6.45, 7) is 0.832. The molecule has 1 nitrogen and oxygen atoms in total. The van der Waals surface area contributed by atoms with Crippen molar-refractivity contribution in [2.45, 2.75) is 17.8 Å². The number of hydrogen-bond donors (Lipinski definition) is 1. The summed E-state index contributed by atoms with van der Waals surface area (Å²) in [7, 11) is 0. The van der Waals surface area contributed by atoms with Crippen molar-refractivity contribution in [2.24, 2.45) is 0 Å². The van der Waals surface area contributed by atoms with Crippen LogP contribution in [0.2, 0.25) is 0 Å². The molecule has 1 unspecified atom stereocenters. The molecule has 1 aromatic carbocycles. The molecule has 0 aromatic heterocycles. The summed E-state index contributed by atoms with van der Waals surface area (Å²) < 4.78 is 5.59. The zero-order valence-corrected chi connectivity index (χ0v) is 7.76. The first-order chi connectivity index (χ1) is 5.81. The van der Waals surface area contributed by atoms with E-state index in [2.05, 4.69) is 24.8 Å². The molecular weight excluding hydrogens is 168 g/mol. The van der Waals surface area contributed by atoms with Gasteiger partial charge < -0.3 is 4.74 Å². The van der Waals surface area contributed by atoms with Crippen LogP contribution < -0.4 is 0 Å². The van der Waals surface area contributed by atoms with Crippen LogP contribution in [0.25, 0.3) is 0 Å². The minimum Gasteiger partial charge on any atom is -0.360 e. The maximum atomic E-state index is 5.59.